The molecule has 0 N–H and O–H groups in total. The van der Waals surface area contributed by atoms with Crippen LogP contribution in [0.3, 0.4) is 0 Å². The summed E-state index contributed by atoms with van der Waals surface area (Å²) in [5.41, 5.74) is 0.536. The average Bonchev–Trinajstić information content (AvgIpc) is 3.09. The zero-order valence-corrected chi connectivity index (χ0v) is 14.1. The molecule has 3 rings (SSSR count). The predicted molar refractivity (Wildman–Crippen MR) is 88.1 cm³/mol. The highest BCUT2D eigenvalue weighted by Gasteiger charge is 2.32. The monoisotopic (exact) mass is 345 g/mol. The molecule has 1 amide bonds. The van der Waals surface area contributed by atoms with Gasteiger partial charge in [0.1, 0.15) is 18.0 Å². The van der Waals surface area contributed by atoms with Crippen molar-refractivity contribution in [3.8, 4) is 0 Å². The minimum absolute atomic E-state index is 0.130. The van der Waals surface area contributed by atoms with Gasteiger partial charge < -0.3 is 14.2 Å². The fourth-order valence-corrected chi connectivity index (χ4v) is 2.99. The molecule has 1 aromatic heterocycles. The molecule has 9 nitrogen and oxygen atoms in total. The van der Waals surface area contributed by atoms with Crippen LogP contribution in [0.1, 0.15) is 34.8 Å². The van der Waals surface area contributed by atoms with Crippen LogP contribution in [0.5, 0.6) is 0 Å². The number of hydrogen-bond acceptors (Lipinski definition) is 6. The van der Waals surface area contributed by atoms with Crippen molar-refractivity contribution in [2.24, 2.45) is 0 Å². The maximum Gasteiger partial charge on any atom is 0.282 e. The van der Waals surface area contributed by atoms with Crippen LogP contribution in [0.25, 0.3) is 0 Å². The predicted octanol–water partition coefficient (Wildman–Crippen LogP) is 1.73. The summed E-state index contributed by atoms with van der Waals surface area (Å²) in [6.45, 7) is 5.36. The van der Waals surface area contributed by atoms with E-state index in [9.17, 15) is 14.9 Å². The zero-order valence-electron chi connectivity index (χ0n) is 14.1. The van der Waals surface area contributed by atoms with Crippen LogP contribution < -0.4 is 0 Å². The van der Waals surface area contributed by atoms with Crippen LogP contribution in [0.2, 0.25) is 0 Å². The highest BCUT2D eigenvalue weighted by Crippen LogP contribution is 2.27. The van der Waals surface area contributed by atoms with Crippen molar-refractivity contribution in [1.82, 2.24) is 19.7 Å². The summed E-state index contributed by atoms with van der Waals surface area (Å²) >= 11 is 0. The molecular formula is C16H19N5O4. The molecule has 0 aliphatic carbocycles. The Morgan fingerprint density at radius 2 is 2.28 bits per heavy atom. The van der Waals surface area contributed by atoms with E-state index in [-0.39, 0.29) is 23.7 Å². The van der Waals surface area contributed by atoms with Gasteiger partial charge in [0.25, 0.3) is 11.6 Å². The Morgan fingerprint density at radius 1 is 1.48 bits per heavy atom. The molecule has 1 saturated heterocycles. The topological polar surface area (TPSA) is 103 Å². The lowest BCUT2D eigenvalue weighted by Crippen LogP contribution is -2.43. The minimum atomic E-state index is -0.522. The van der Waals surface area contributed by atoms with Crippen LogP contribution in [-0.2, 0) is 11.3 Å². The number of aromatic nitrogens is 3. The van der Waals surface area contributed by atoms with E-state index in [0.717, 1.165) is 0 Å². The molecule has 1 aliphatic heterocycles. The number of nitrogens with zero attached hydrogens (tertiary/aromatic N) is 5. The molecular weight excluding hydrogens is 326 g/mol. The van der Waals surface area contributed by atoms with Gasteiger partial charge in [0, 0.05) is 19.2 Å². The number of ether oxygens (including phenoxy) is 1. The van der Waals surface area contributed by atoms with E-state index in [4.69, 9.17) is 4.74 Å². The minimum Gasteiger partial charge on any atom is -0.366 e. The second-order valence-electron chi connectivity index (χ2n) is 5.81. The van der Waals surface area contributed by atoms with Crippen LogP contribution in [-0.4, -0.2) is 50.2 Å². The first-order valence-electron chi connectivity index (χ1n) is 8.05. The summed E-state index contributed by atoms with van der Waals surface area (Å²) in [5, 5.41) is 19.3. The molecule has 25 heavy (non-hydrogen) atoms. The summed E-state index contributed by atoms with van der Waals surface area (Å²) in [5.74, 6) is 0.292. The number of morpholine rings is 1. The van der Waals surface area contributed by atoms with Crippen molar-refractivity contribution in [2.45, 2.75) is 26.5 Å². The number of benzene rings is 1. The highest BCUT2D eigenvalue weighted by atomic mass is 16.6. The standard InChI is InChI=1S/C16H19N5O4/c1-3-19-10-17-18-15(19)13-9-20(7-8-25-13)16(22)14-11(2)5-4-6-12(14)21(23)24/h4-6,10,13H,3,7-9H2,1-2H3/t13-/m1/s1. The smallest absolute Gasteiger partial charge is 0.282 e. The Balaban J connectivity index is 1.87. The van der Waals surface area contributed by atoms with Crippen LogP contribution in [0.4, 0.5) is 5.69 Å². The molecule has 1 fully saturated rings. The first-order valence-corrected chi connectivity index (χ1v) is 8.05. The van der Waals surface area contributed by atoms with Crippen LogP contribution >= 0.6 is 0 Å². The van der Waals surface area contributed by atoms with E-state index in [1.165, 1.54) is 6.07 Å². The Morgan fingerprint density at radius 3 is 3.00 bits per heavy atom. The molecule has 132 valence electrons. The quantitative estimate of drug-likeness (QED) is 0.617. The van der Waals surface area contributed by atoms with E-state index >= 15 is 0 Å². The third-order valence-corrected chi connectivity index (χ3v) is 4.29. The van der Waals surface area contributed by atoms with E-state index < -0.39 is 11.0 Å². The van der Waals surface area contributed by atoms with Gasteiger partial charge in [-0.25, -0.2) is 0 Å². The van der Waals surface area contributed by atoms with Gasteiger partial charge in [-0.1, -0.05) is 12.1 Å². The number of nitro benzene ring substituents is 1. The molecule has 1 aliphatic rings. The number of rotatable bonds is 4. The Labute approximate surface area is 144 Å². The molecule has 1 atom stereocenters. The average molecular weight is 345 g/mol. The summed E-state index contributed by atoms with van der Waals surface area (Å²) in [6, 6.07) is 4.63. The number of carbonyl (C=O) groups is 1. The molecule has 0 saturated carbocycles. The Hall–Kier alpha value is -2.81. The van der Waals surface area contributed by atoms with Crippen molar-refractivity contribution in [3.05, 3.63) is 51.6 Å². The van der Waals surface area contributed by atoms with Gasteiger partial charge in [0.05, 0.1) is 18.1 Å². The van der Waals surface area contributed by atoms with Gasteiger partial charge in [-0.15, -0.1) is 10.2 Å². The van der Waals surface area contributed by atoms with Crippen molar-refractivity contribution in [3.63, 3.8) is 0 Å². The van der Waals surface area contributed by atoms with E-state index in [0.29, 0.717) is 31.1 Å². The molecule has 9 heteroatoms. The van der Waals surface area contributed by atoms with E-state index in [2.05, 4.69) is 10.2 Å². The van der Waals surface area contributed by atoms with Gasteiger partial charge in [-0.05, 0) is 19.4 Å². The fourth-order valence-electron chi connectivity index (χ4n) is 2.99. The second-order valence-corrected chi connectivity index (χ2v) is 5.81. The van der Waals surface area contributed by atoms with Crippen LogP contribution in [0, 0.1) is 17.0 Å². The lowest BCUT2D eigenvalue weighted by molar-refractivity contribution is -0.385. The van der Waals surface area contributed by atoms with Gasteiger partial charge in [-0.3, -0.25) is 14.9 Å². The van der Waals surface area contributed by atoms with Gasteiger partial charge in [0.15, 0.2) is 5.82 Å². The summed E-state index contributed by atoms with van der Waals surface area (Å²) in [4.78, 5) is 25.3. The molecule has 0 radical (unpaired) electrons. The normalized spacial score (nSPS) is 17.5. The highest BCUT2D eigenvalue weighted by molar-refractivity contribution is 5.99. The van der Waals surface area contributed by atoms with Gasteiger partial charge >= 0.3 is 0 Å². The van der Waals surface area contributed by atoms with Crippen LogP contribution in [0.15, 0.2) is 24.5 Å². The number of hydrogen-bond donors (Lipinski definition) is 0. The van der Waals surface area contributed by atoms with Gasteiger partial charge in [-0.2, -0.15) is 0 Å². The van der Waals surface area contributed by atoms with Crippen molar-refractivity contribution in [2.75, 3.05) is 19.7 Å². The lowest BCUT2D eigenvalue weighted by atomic mass is 10.0. The van der Waals surface area contributed by atoms with Crippen molar-refractivity contribution in [1.29, 1.82) is 0 Å². The second kappa shape index (κ2) is 6.98. The molecule has 1 aromatic carbocycles. The molecule has 2 heterocycles. The number of amides is 1. The summed E-state index contributed by atoms with van der Waals surface area (Å²) in [7, 11) is 0. The third-order valence-electron chi connectivity index (χ3n) is 4.29. The number of aryl methyl sites for hydroxylation is 2. The van der Waals surface area contributed by atoms with Gasteiger partial charge in [0.2, 0.25) is 0 Å². The van der Waals surface area contributed by atoms with E-state index in [1.807, 2.05) is 11.5 Å². The lowest BCUT2D eigenvalue weighted by Gasteiger charge is -2.32. The van der Waals surface area contributed by atoms with Crippen molar-refractivity contribution >= 4 is 11.6 Å². The zero-order chi connectivity index (χ0) is 18.0. The number of carbonyl (C=O) groups excluding carboxylic acids is 1. The summed E-state index contributed by atoms with van der Waals surface area (Å²) < 4.78 is 7.59. The fraction of sp³-hybridized carbons (Fsp3) is 0.438. The third kappa shape index (κ3) is 3.22. The molecule has 2 aromatic rings. The maximum absolute atomic E-state index is 12.9. The Kier molecular flexibility index (Phi) is 4.75. The molecule has 0 unspecified atom stereocenters. The number of nitro groups is 1. The largest absolute Gasteiger partial charge is 0.366 e. The summed E-state index contributed by atoms with van der Waals surface area (Å²) in [6.07, 6.45) is 1.22. The molecule has 0 bridgehead atoms. The molecule has 0 spiro atoms. The first kappa shape index (κ1) is 17.0. The van der Waals surface area contributed by atoms with Crippen molar-refractivity contribution < 1.29 is 14.5 Å². The first-order chi connectivity index (χ1) is 12.0. The van der Waals surface area contributed by atoms with E-state index in [1.54, 1.807) is 30.3 Å². The maximum atomic E-state index is 12.9. The Bertz CT molecular complexity index is 804. The SMILES string of the molecule is CCn1cnnc1[C@H]1CN(C(=O)c2c(C)cccc2[N+](=O)[O-])CCO1.